The van der Waals surface area contributed by atoms with E-state index in [1.165, 1.54) is 0 Å². The van der Waals surface area contributed by atoms with Crippen molar-refractivity contribution in [1.82, 2.24) is 0 Å². The highest BCUT2D eigenvalue weighted by Gasteiger charge is 1.65. The zero-order valence-corrected chi connectivity index (χ0v) is 6.18. The van der Waals surface area contributed by atoms with Crippen LogP contribution in [0, 0.1) is 0 Å². The lowest BCUT2D eigenvalue weighted by Gasteiger charge is -1.59. The van der Waals surface area contributed by atoms with Crippen molar-refractivity contribution < 1.29 is 29.9 Å². The largest absolute Gasteiger partial charge is 0.482 e. The van der Waals surface area contributed by atoms with E-state index in [2.05, 4.69) is 0 Å². The summed E-state index contributed by atoms with van der Waals surface area (Å²) in [5.74, 6) is -1.67. The van der Waals surface area contributed by atoms with Gasteiger partial charge in [-0.1, -0.05) is 0 Å². The number of carboxylic acid groups (broad SMARTS) is 2. The van der Waals surface area contributed by atoms with Crippen molar-refractivity contribution in [2.24, 2.45) is 0 Å². The lowest BCUT2D eigenvalue weighted by atomic mass is 10.5. The van der Waals surface area contributed by atoms with Crippen LogP contribution in [0.25, 0.3) is 0 Å². The van der Waals surface area contributed by atoms with Crippen LogP contribution in [0.3, 0.4) is 0 Å². The molecule has 11 heavy (non-hydrogen) atoms. The van der Waals surface area contributed by atoms with E-state index in [4.69, 9.17) is 29.9 Å². The summed E-state index contributed by atoms with van der Waals surface area (Å²) in [6.45, 7) is 2.17. The monoisotopic (exact) mass is 165 g/mol. The Bertz CT molecular complexity index is 82.8. The minimum atomic E-state index is -0.833. The quantitative estimate of drug-likeness (QED) is 0.331. The third-order valence-electron chi connectivity index (χ3n) is 0. The summed E-state index contributed by atoms with van der Waals surface area (Å²) in [5.41, 5.74) is 0. The molecule has 0 aliphatic carbocycles. The third kappa shape index (κ3) is 370. The van der Waals surface area contributed by atoms with Gasteiger partial charge in [0.2, 0.25) is 0 Å². The van der Waals surface area contributed by atoms with Gasteiger partial charge in [0, 0.05) is 13.8 Å². The van der Waals surface area contributed by atoms with Gasteiger partial charge in [0.15, 0.2) is 0 Å². The Morgan fingerprint density at radius 3 is 1.00 bits per heavy atom. The molecular formula is C4H10BO6. The summed E-state index contributed by atoms with van der Waals surface area (Å²) in [4.78, 5) is 18.0. The molecule has 4 N–H and O–H groups in total. The molecule has 65 valence electrons. The van der Waals surface area contributed by atoms with Gasteiger partial charge in [-0.2, -0.15) is 0 Å². The molecule has 0 aromatic carbocycles. The SMILES string of the molecule is CC(=O)O.CC(=O)O.O[B]O. The Morgan fingerprint density at radius 1 is 1.00 bits per heavy atom. The van der Waals surface area contributed by atoms with Gasteiger partial charge in [0.1, 0.15) is 0 Å². The first-order valence-electron chi connectivity index (χ1n) is 2.37. The molecule has 0 saturated carbocycles. The Balaban J connectivity index is -0.0000000886. The molecule has 0 amide bonds. The fourth-order valence-electron chi connectivity index (χ4n) is 0. The summed E-state index contributed by atoms with van der Waals surface area (Å²) >= 11 is 0. The first-order valence-corrected chi connectivity index (χ1v) is 2.37. The van der Waals surface area contributed by atoms with E-state index < -0.39 is 11.9 Å². The molecule has 0 spiro atoms. The molecule has 6 nitrogen and oxygen atoms in total. The first kappa shape index (κ1) is 16.5. The van der Waals surface area contributed by atoms with E-state index in [1.807, 2.05) is 0 Å². The van der Waals surface area contributed by atoms with Crippen molar-refractivity contribution >= 4 is 19.6 Å². The molecule has 0 atom stereocenters. The number of aliphatic carboxylic acids is 2. The highest BCUT2D eigenvalue weighted by atomic mass is 16.4. The van der Waals surface area contributed by atoms with E-state index in [0.29, 0.717) is 0 Å². The fraction of sp³-hybridized carbons (Fsp3) is 0.500. The van der Waals surface area contributed by atoms with Gasteiger partial charge in [0.05, 0.1) is 0 Å². The van der Waals surface area contributed by atoms with Gasteiger partial charge in [-0.05, 0) is 0 Å². The fourth-order valence-corrected chi connectivity index (χ4v) is 0. The number of carbonyl (C=O) groups is 2. The maximum atomic E-state index is 9.00. The van der Waals surface area contributed by atoms with E-state index in [9.17, 15) is 0 Å². The van der Waals surface area contributed by atoms with E-state index in [-0.39, 0.29) is 7.69 Å². The Hall–Kier alpha value is -1.08. The van der Waals surface area contributed by atoms with Gasteiger partial charge in [-0.15, -0.1) is 0 Å². The number of carboxylic acids is 2. The molecule has 0 saturated heterocycles. The highest BCUT2D eigenvalue weighted by molar-refractivity contribution is 6.13. The van der Waals surface area contributed by atoms with Gasteiger partial charge in [-0.3, -0.25) is 9.59 Å². The van der Waals surface area contributed by atoms with Crippen LogP contribution in [0.5, 0.6) is 0 Å². The van der Waals surface area contributed by atoms with E-state index >= 15 is 0 Å². The second kappa shape index (κ2) is 16.0. The van der Waals surface area contributed by atoms with Crippen LogP contribution in [0.2, 0.25) is 0 Å². The molecule has 0 bridgehead atoms. The zero-order valence-electron chi connectivity index (χ0n) is 6.18. The number of hydrogen-bond acceptors (Lipinski definition) is 4. The minimum Gasteiger partial charge on any atom is -0.481 e. The van der Waals surface area contributed by atoms with Crippen LogP contribution in [-0.4, -0.2) is 39.9 Å². The zero-order chi connectivity index (χ0) is 9.86. The van der Waals surface area contributed by atoms with Gasteiger partial charge >= 0.3 is 7.69 Å². The number of hydrogen-bond donors (Lipinski definition) is 4. The van der Waals surface area contributed by atoms with Crippen molar-refractivity contribution in [3.8, 4) is 0 Å². The second-order valence-electron chi connectivity index (χ2n) is 1.15. The molecule has 0 aromatic heterocycles. The Kier molecular flexibility index (Phi) is 23.9. The molecule has 7 heteroatoms. The summed E-state index contributed by atoms with van der Waals surface area (Å²) in [6.07, 6.45) is 0. The lowest BCUT2D eigenvalue weighted by Crippen LogP contribution is -1.78. The van der Waals surface area contributed by atoms with Crippen LogP contribution in [0.4, 0.5) is 0 Å². The third-order valence-corrected chi connectivity index (χ3v) is 0. The Labute approximate surface area is 64.4 Å². The molecular weight excluding hydrogens is 155 g/mol. The van der Waals surface area contributed by atoms with E-state index in [1.54, 1.807) is 0 Å². The summed E-state index contributed by atoms with van der Waals surface area (Å²) < 4.78 is 0. The topological polar surface area (TPSA) is 115 Å². The smallest absolute Gasteiger partial charge is 0.481 e. The minimum absolute atomic E-state index is 0. The molecule has 0 fully saturated rings. The van der Waals surface area contributed by atoms with Crippen LogP contribution in [0.1, 0.15) is 13.8 Å². The summed E-state index contributed by atoms with van der Waals surface area (Å²) in [6, 6.07) is 0. The normalized spacial score (nSPS) is 5.82. The van der Waals surface area contributed by atoms with Crippen molar-refractivity contribution in [1.29, 1.82) is 0 Å². The maximum Gasteiger partial charge on any atom is 0.482 e. The molecule has 0 aromatic rings. The van der Waals surface area contributed by atoms with Crippen LogP contribution >= 0.6 is 0 Å². The molecule has 0 aliphatic rings. The van der Waals surface area contributed by atoms with Crippen molar-refractivity contribution in [3.63, 3.8) is 0 Å². The van der Waals surface area contributed by atoms with Crippen LogP contribution < -0.4 is 0 Å². The predicted octanol–water partition coefficient (Wildman–Crippen LogP) is -1.31. The van der Waals surface area contributed by atoms with Gasteiger partial charge in [-0.25, -0.2) is 0 Å². The molecule has 0 unspecified atom stereocenters. The Morgan fingerprint density at radius 2 is 1.00 bits per heavy atom. The molecule has 0 aliphatic heterocycles. The lowest BCUT2D eigenvalue weighted by molar-refractivity contribution is -0.135. The van der Waals surface area contributed by atoms with Crippen molar-refractivity contribution in [3.05, 3.63) is 0 Å². The van der Waals surface area contributed by atoms with Crippen LogP contribution in [0.15, 0.2) is 0 Å². The van der Waals surface area contributed by atoms with Crippen LogP contribution in [-0.2, 0) is 9.59 Å². The average Bonchev–Trinajstić information content (AvgIpc) is 1.60. The standard InChI is InChI=1S/2C2H4O2.BH2O2/c2*1-2(3)4;2-1-3/h2*1H3,(H,3,4);2-3H. The summed E-state index contributed by atoms with van der Waals surface area (Å²) in [7, 11) is 0. The first-order chi connectivity index (χ1) is 4.88. The summed E-state index contributed by atoms with van der Waals surface area (Å²) in [5, 5.41) is 28.8. The highest BCUT2D eigenvalue weighted by Crippen LogP contribution is 1.42. The molecule has 0 rings (SSSR count). The molecule has 1 radical (unpaired) electrons. The van der Waals surface area contributed by atoms with Crippen molar-refractivity contribution in [2.45, 2.75) is 13.8 Å². The second-order valence-corrected chi connectivity index (χ2v) is 1.15. The predicted molar refractivity (Wildman–Crippen MR) is 36.8 cm³/mol. The average molecular weight is 165 g/mol. The maximum absolute atomic E-state index is 9.00. The van der Waals surface area contributed by atoms with Crippen molar-refractivity contribution in [2.75, 3.05) is 0 Å². The van der Waals surface area contributed by atoms with Gasteiger partial charge in [0.25, 0.3) is 11.9 Å². The van der Waals surface area contributed by atoms with E-state index in [0.717, 1.165) is 13.8 Å². The molecule has 0 heterocycles. The number of rotatable bonds is 0. The van der Waals surface area contributed by atoms with Gasteiger partial charge < -0.3 is 20.3 Å².